The molecule has 2 aromatic carbocycles. The molecule has 0 saturated carbocycles. The van der Waals surface area contributed by atoms with E-state index in [1.165, 1.54) is 0 Å². The molecule has 1 fully saturated rings. The van der Waals surface area contributed by atoms with Crippen LogP contribution in [0, 0.1) is 6.92 Å². The van der Waals surface area contributed by atoms with Gasteiger partial charge in [0.1, 0.15) is 0 Å². The number of benzene rings is 2. The Kier molecular flexibility index (Phi) is 5.38. The molecule has 0 aliphatic carbocycles. The highest BCUT2D eigenvalue weighted by Crippen LogP contribution is 2.20. The summed E-state index contributed by atoms with van der Waals surface area (Å²) in [5.74, 6) is -1.06. The lowest BCUT2D eigenvalue weighted by Crippen LogP contribution is -2.51. The molecule has 0 radical (unpaired) electrons. The SMILES string of the molecule is Cc1cc(Br)ccc1NC(=O)C(=O)N1CCN(c2ccccc2)CC1. The van der Waals surface area contributed by atoms with E-state index >= 15 is 0 Å². The van der Waals surface area contributed by atoms with Gasteiger partial charge in [0.2, 0.25) is 0 Å². The van der Waals surface area contributed by atoms with Crippen LogP contribution in [0.1, 0.15) is 5.56 Å². The van der Waals surface area contributed by atoms with Crippen molar-refractivity contribution in [3.05, 3.63) is 58.6 Å². The van der Waals surface area contributed by atoms with E-state index in [1.807, 2.05) is 37.3 Å². The summed E-state index contributed by atoms with van der Waals surface area (Å²) in [4.78, 5) is 28.5. The van der Waals surface area contributed by atoms with Crippen LogP contribution in [0.3, 0.4) is 0 Å². The van der Waals surface area contributed by atoms with Gasteiger partial charge in [-0.15, -0.1) is 0 Å². The summed E-state index contributed by atoms with van der Waals surface area (Å²) >= 11 is 3.39. The predicted octanol–water partition coefficient (Wildman–Crippen LogP) is 3.04. The molecule has 1 aliphatic rings. The van der Waals surface area contributed by atoms with Gasteiger partial charge in [-0.05, 0) is 42.8 Å². The molecule has 0 atom stereocenters. The monoisotopic (exact) mass is 401 g/mol. The zero-order chi connectivity index (χ0) is 17.8. The number of hydrogen-bond acceptors (Lipinski definition) is 3. The van der Waals surface area contributed by atoms with E-state index in [9.17, 15) is 9.59 Å². The van der Waals surface area contributed by atoms with Crippen molar-refractivity contribution in [1.82, 2.24) is 4.90 Å². The molecular formula is C19H20BrN3O2. The van der Waals surface area contributed by atoms with Crippen LogP contribution in [-0.4, -0.2) is 42.9 Å². The topological polar surface area (TPSA) is 52.7 Å². The fourth-order valence-electron chi connectivity index (χ4n) is 2.89. The van der Waals surface area contributed by atoms with Crippen molar-refractivity contribution in [3.63, 3.8) is 0 Å². The highest BCUT2D eigenvalue weighted by Gasteiger charge is 2.26. The Morgan fingerprint density at radius 3 is 2.32 bits per heavy atom. The highest BCUT2D eigenvalue weighted by atomic mass is 79.9. The third-order valence-electron chi connectivity index (χ3n) is 4.32. The number of nitrogens with one attached hydrogen (secondary N) is 1. The van der Waals surface area contributed by atoms with Gasteiger partial charge < -0.3 is 15.1 Å². The fraction of sp³-hybridized carbons (Fsp3) is 0.263. The predicted molar refractivity (Wildman–Crippen MR) is 103 cm³/mol. The van der Waals surface area contributed by atoms with Crippen LogP contribution >= 0.6 is 15.9 Å². The second-order valence-electron chi connectivity index (χ2n) is 6.03. The first kappa shape index (κ1) is 17.5. The molecular weight excluding hydrogens is 382 g/mol. The molecule has 1 heterocycles. The number of hydrogen-bond donors (Lipinski definition) is 1. The lowest BCUT2D eigenvalue weighted by molar-refractivity contribution is -0.143. The first-order chi connectivity index (χ1) is 12.0. The third kappa shape index (κ3) is 4.20. The molecule has 130 valence electrons. The van der Waals surface area contributed by atoms with Crippen LogP contribution < -0.4 is 10.2 Å². The van der Waals surface area contributed by atoms with Crippen LogP contribution in [0.4, 0.5) is 11.4 Å². The number of nitrogens with zero attached hydrogens (tertiary/aromatic N) is 2. The van der Waals surface area contributed by atoms with Crippen LogP contribution in [0.5, 0.6) is 0 Å². The zero-order valence-corrected chi connectivity index (χ0v) is 15.6. The van der Waals surface area contributed by atoms with Crippen molar-refractivity contribution in [3.8, 4) is 0 Å². The number of halogens is 1. The van der Waals surface area contributed by atoms with Gasteiger partial charge in [-0.1, -0.05) is 34.1 Å². The fourth-order valence-corrected chi connectivity index (χ4v) is 3.37. The Bertz CT molecular complexity index is 771. The second kappa shape index (κ2) is 7.70. The van der Waals surface area contributed by atoms with Gasteiger partial charge in [0.05, 0.1) is 0 Å². The van der Waals surface area contributed by atoms with Crippen LogP contribution in [-0.2, 0) is 9.59 Å². The van der Waals surface area contributed by atoms with Gasteiger partial charge in [0.25, 0.3) is 0 Å². The Balaban J connectivity index is 1.57. The molecule has 1 saturated heterocycles. The summed E-state index contributed by atoms with van der Waals surface area (Å²) in [5.41, 5.74) is 2.71. The third-order valence-corrected chi connectivity index (χ3v) is 4.81. The first-order valence-corrected chi connectivity index (χ1v) is 9.00. The smallest absolute Gasteiger partial charge is 0.313 e. The first-order valence-electron chi connectivity index (χ1n) is 8.21. The van der Waals surface area contributed by atoms with Gasteiger partial charge >= 0.3 is 11.8 Å². The molecule has 0 spiro atoms. The summed E-state index contributed by atoms with van der Waals surface area (Å²) in [5, 5.41) is 2.71. The maximum Gasteiger partial charge on any atom is 0.313 e. The number of carbonyl (C=O) groups excluding carboxylic acids is 2. The molecule has 0 bridgehead atoms. The van der Waals surface area contributed by atoms with Crippen molar-refractivity contribution >= 4 is 39.1 Å². The summed E-state index contributed by atoms with van der Waals surface area (Å²) in [6, 6.07) is 15.6. The van der Waals surface area contributed by atoms with Crippen LogP contribution in [0.15, 0.2) is 53.0 Å². The lowest BCUT2D eigenvalue weighted by atomic mass is 10.2. The molecule has 3 rings (SSSR count). The Hall–Kier alpha value is -2.34. The molecule has 2 amide bonds. The van der Waals surface area contributed by atoms with Crippen molar-refractivity contribution in [1.29, 1.82) is 0 Å². The standard InChI is InChI=1S/C19H20BrN3O2/c1-14-13-15(20)7-8-17(14)21-18(24)19(25)23-11-9-22(10-12-23)16-5-3-2-4-6-16/h2-8,13H,9-12H2,1H3,(H,21,24). The number of piperazine rings is 1. The Morgan fingerprint density at radius 2 is 1.68 bits per heavy atom. The summed E-state index contributed by atoms with van der Waals surface area (Å²) in [7, 11) is 0. The highest BCUT2D eigenvalue weighted by molar-refractivity contribution is 9.10. The van der Waals surface area contributed by atoms with E-state index in [4.69, 9.17) is 0 Å². The van der Waals surface area contributed by atoms with E-state index in [0.29, 0.717) is 18.8 Å². The number of rotatable bonds is 2. The average Bonchev–Trinajstić information content (AvgIpc) is 2.64. The number of anilines is 2. The molecule has 1 aliphatic heterocycles. The summed E-state index contributed by atoms with van der Waals surface area (Å²) in [6.45, 7) is 4.42. The van der Waals surface area contributed by atoms with E-state index in [1.54, 1.807) is 11.0 Å². The van der Waals surface area contributed by atoms with Gasteiger partial charge in [-0.2, -0.15) is 0 Å². The molecule has 2 aromatic rings. The van der Waals surface area contributed by atoms with Crippen molar-refractivity contribution < 1.29 is 9.59 Å². The van der Waals surface area contributed by atoms with Crippen molar-refractivity contribution in [2.45, 2.75) is 6.92 Å². The molecule has 1 N–H and O–H groups in total. The number of para-hydroxylation sites is 1. The van der Waals surface area contributed by atoms with Crippen molar-refractivity contribution in [2.24, 2.45) is 0 Å². The minimum absolute atomic E-state index is 0.477. The van der Waals surface area contributed by atoms with Gasteiger partial charge in [0.15, 0.2) is 0 Å². The van der Waals surface area contributed by atoms with Crippen molar-refractivity contribution in [2.75, 3.05) is 36.4 Å². The minimum Gasteiger partial charge on any atom is -0.368 e. The van der Waals surface area contributed by atoms with E-state index in [2.05, 4.69) is 38.3 Å². The number of carbonyl (C=O) groups is 2. The maximum atomic E-state index is 12.4. The van der Waals surface area contributed by atoms with Crippen LogP contribution in [0.25, 0.3) is 0 Å². The minimum atomic E-state index is -0.585. The van der Waals surface area contributed by atoms with E-state index in [0.717, 1.165) is 28.8 Å². The zero-order valence-electron chi connectivity index (χ0n) is 14.0. The molecule has 5 nitrogen and oxygen atoms in total. The molecule has 6 heteroatoms. The van der Waals surface area contributed by atoms with Gasteiger partial charge in [-0.3, -0.25) is 9.59 Å². The summed E-state index contributed by atoms with van der Waals surface area (Å²) < 4.78 is 0.936. The number of aryl methyl sites for hydroxylation is 1. The molecule has 0 aromatic heterocycles. The number of amides is 2. The van der Waals surface area contributed by atoms with Gasteiger partial charge in [0, 0.05) is 42.0 Å². The average molecular weight is 402 g/mol. The lowest BCUT2D eigenvalue weighted by Gasteiger charge is -2.35. The van der Waals surface area contributed by atoms with Crippen LogP contribution in [0.2, 0.25) is 0 Å². The Labute approximate surface area is 155 Å². The second-order valence-corrected chi connectivity index (χ2v) is 6.94. The molecule has 25 heavy (non-hydrogen) atoms. The Morgan fingerprint density at radius 1 is 1.00 bits per heavy atom. The van der Waals surface area contributed by atoms with E-state index < -0.39 is 11.8 Å². The normalized spacial score (nSPS) is 14.3. The quantitative estimate of drug-likeness (QED) is 0.786. The van der Waals surface area contributed by atoms with Gasteiger partial charge in [-0.25, -0.2) is 0 Å². The van der Waals surface area contributed by atoms with E-state index in [-0.39, 0.29) is 0 Å². The summed E-state index contributed by atoms with van der Waals surface area (Å²) in [6.07, 6.45) is 0. The maximum absolute atomic E-state index is 12.4. The molecule has 0 unspecified atom stereocenters. The largest absolute Gasteiger partial charge is 0.368 e.